The van der Waals surface area contributed by atoms with Crippen molar-refractivity contribution in [3.05, 3.63) is 34.9 Å². The van der Waals surface area contributed by atoms with Crippen molar-refractivity contribution >= 4 is 23.4 Å². The fourth-order valence-corrected chi connectivity index (χ4v) is 3.54. The van der Waals surface area contributed by atoms with Gasteiger partial charge in [0, 0.05) is 37.5 Å². The van der Waals surface area contributed by atoms with Crippen LogP contribution in [0.4, 0.5) is 0 Å². The van der Waals surface area contributed by atoms with Crippen LogP contribution < -0.4 is 0 Å². The van der Waals surface area contributed by atoms with Gasteiger partial charge in [-0.3, -0.25) is 9.59 Å². The van der Waals surface area contributed by atoms with E-state index in [9.17, 15) is 9.59 Å². The van der Waals surface area contributed by atoms with Gasteiger partial charge in [0.25, 0.3) is 0 Å². The van der Waals surface area contributed by atoms with Crippen LogP contribution in [0.3, 0.4) is 0 Å². The number of hydrogen-bond donors (Lipinski definition) is 0. The highest BCUT2D eigenvalue weighted by atomic mass is 35.5. The molecule has 1 unspecified atom stereocenters. The number of halogens is 1. The Morgan fingerprint density at radius 3 is 2.76 bits per heavy atom. The van der Waals surface area contributed by atoms with Crippen LogP contribution in [0.5, 0.6) is 0 Å². The Kier molecular flexibility index (Phi) is 6.32. The number of carbonyl (C=O) groups is 2. The van der Waals surface area contributed by atoms with E-state index in [1.807, 2.05) is 34.1 Å². The predicted molar refractivity (Wildman–Crippen MR) is 96.4 cm³/mol. The second-order valence-corrected chi connectivity index (χ2v) is 7.13. The number of likely N-dealkylation sites (tertiary alicyclic amines) is 1. The van der Waals surface area contributed by atoms with Crippen molar-refractivity contribution in [2.45, 2.75) is 38.2 Å². The molecule has 3 rings (SSSR count). The summed E-state index contributed by atoms with van der Waals surface area (Å²) in [5.41, 5.74) is 1.03. The Hall–Kier alpha value is -1.59. The second-order valence-electron chi connectivity index (χ2n) is 6.69. The van der Waals surface area contributed by atoms with Crippen LogP contribution in [-0.2, 0) is 14.3 Å². The molecule has 0 radical (unpaired) electrons. The van der Waals surface area contributed by atoms with Crippen LogP contribution >= 0.6 is 11.6 Å². The van der Waals surface area contributed by atoms with Gasteiger partial charge in [0.15, 0.2) is 0 Å². The summed E-state index contributed by atoms with van der Waals surface area (Å²) in [5, 5.41) is 0.689. The van der Waals surface area contributed by atoms with Crippen molar-refractivity contribution in [3.63, 3.8) is 0 Å². The van der Waals surface area contributed by atoms with Gasteiger partial charge in [0.05, 0.1) is 13.2 Å². The smallest absolute Gasteiger partial charge is 0.224 e. The molecule has 1 atom stereocenters. The van der Waals surface area contributed by atoms with E-state index >= 15 is 0 Å². The maximum atomic E-state index is 12.6. The minimum atomic E-state index is -0.116. The number of hydrogen-bond acceptors (Lipinski definition) is 3. The van der Waals surface area contributed by atoms with E-state index in [0.29, 0.717) is 44.1 Å². The summed E-state index contributed by atoms with van der Waals surface area (Å²) in [5.74, 6) is 0.283. The van der Waals surface area contributed by atoms with Gasteiger partial charge in [-0.15, -0.1) is 0 Å². The van der Waals surface area contributed by atoms with Gasteiger partial charge in [-0.2, -0.15) is 0 Å². The van der Waals surface area contributed by atoms with Crippen molar-refractivity contribution in [1.29, 1.82) is 0 Å². The molecular weight excluding hydrogens is 340 g/mol. The highest BCUT2D eigenvalue weighted by molar-refractivity contribution is 6.30. The number of carbonyl (C=O) groups excluding carboxylic acids is 2. The standard InChI is InChI=1S/C19H25ClN2O3/c20-16-7-5-15(6-8-16)17-14-22(12-13-25-17)19(24)9-11-21-10-3-1-2-4-18(21)23/h5-8,17H,1-4,9-14H2. The summed E-state index contributed by atoms with van der Waals surface area (Å²) in [6.45, 7) is 3.00. The lowest BCUT2D eigenvalue weighted by molar-refractivity contribution is -0.140. The fraction of sp³-hybridized carbons (Fsp3) is 0.579. The lowest BCUT2D eigenvalue weighted by Gasteiger charge is -2.33. The van der Waals surface area contributed by atoms with Gasteiger partial charge < -0.3 is 14.5 Å². The molecule has 1 aromatic rings. The van der Waals surface area contributed by atoms with E-state index in [4.69, 9.17) is 16.3 Å². The molecule has 136 valence electrons. The summed E-state index contributed by atoms with van der Waals surface area (Å²) in [4.78, 5) is 28.3. The molecule has 2 aliphatic heterocycles. The Bertz CT molecular complexity index is 605. The molecule has 1 aromatic carbocycles. The van der Waals surface area contributed by atoms with Crippen LogP contribution in [0.2, 0.25) is 5.02 Å². The Morgan fingerprint density at radius 1 is 1.16 bits per heavy atom. The Labute approximate surface area is 153 Å². The van der Waals surface area contributed by atoms with Crippen molar-refractivity contribution in [2.75, 3.05) is 32.8 Å². The molecule has 2 aliphatic rings. The number of rotatable bonds is 4. The van der Waals surface area contributed by atoms with E-state index in [0.717, 1.165) is 31.4 Å². The topological polar surface area (TPSA) is 49.9 Å². The number of morpholine rings is 1. The summed E-state index contributed by atoms with van der Waals surface area (Å²) in [6.07, 6.45) is 3.99. The van der Waals surface area contributed by atoms with Crippen LogP contribution in [0.15, 0.2) is 24.3 Å². The normalized spacial score (nSPS) is 22.0. The lowest BCUT2D eigenvalue weighted by Crippen LogP contribution is -2.43. The average molecular weight is 365 g/mol. The maximum Gasteiger partial charge on any atom is 0.224 e. The molecule has 0 aromatic heterocycles. The third-order valence-corrected chi connectivity index (χ3v) is 5.18. The molecule has 0 spiro atoms. The second kappa shape index (κ2) is 8.68. The lowest BCUT2D eigenvalue weighted by atomic mass is 10.1. The number of ether oxygens (including phenoxy) is 1. The number of benzene rings is 1. The van der Waals surface area contributed by atoms with E-state index in [-0.39, 0.29) is 17.9 Å². The van der Waals surface area contributed by atoms with E-state index < -0.39 is 0 Å². The van der Waals surface area contributed by atoms with E-state index in [1.165, 1.54) is 0 Å². The molecule has 0 N–H and O–H groups in total. The molecule has 6 heteroatoms. The molecule has 5 nitrogen and oxygen atoms in total. The summed E-state index contributed by atoms with van der Waals surface area (Å²) >= 11 is 5.93. The molecule has 2 saturated heterocycles. The SMILES string of the molecule is O=C1CCCCCN1CCC(=O)N1CCOC(c2ccc(Cl)cc2)C1. The first kappa shape index (κ1) is 18.2. The van der Waals surface area contributed by atoms with Gasteiger partial charge in [0.1, 0.15) is 6.10 Å². The Morgan fingerprint density at radius 2 is 1.96 bits per heavy atom. The van der Waals surface area contributed by atoms with Gasteiger partial charge in [-0.25, -0.2) is 0 Å². The predicted octanol–water partition coefficient (Wildman–Crippen LogP) is 3.03. The van der Waals surface area contributed by atoms with Gasteiger partial charge >= 0.3 is 0 Å². The third kappa shape index (κ3) is 4.95. The molecule has 2 heterocycles. The van der Waals surface area contributed by atoms with Crippen LogP contribution in [0.1, 0.15) is 43.8 Å². The molecule has 25 heavy (non-hydrogen) atoms. The average Bonchev–Trinajstić information content (AvgIpc) is 2.84. The quantitative estimate of drug-likeness (QED) is 0.825. The monoisotopic (exact) mass is 364 g/mol. The van der Waals surface area contributed by atoms with E-state index in [1.54, 1.807) is 0 Å². The van der Waals surface area contributed by atoms with Crippen LogP contribution in [0.25, 0.3) is 0 Å². The zero-order chi connectivity index (χ0) is 17.6. The van der Waals surface area contributed by atoms with E-state index in [2.05, 4.69) is 0 Å². The zero-order valence-corrected chi connectivity index (χ0v) is 15.2. The molecule has 0 bridgehead atoms. The number of nitrogens with zero attached hydrogens (tertiary/aromatic N) is 2. The maximum absolute atomic E-state index is 12.6. The van der Waals surface area contributed by atoms with Crippen LogP contribution in [-0.4, -0.2) is 54.4 Å². The summed E-state index contributed by atoms with van der Waals surface area (Å²) in [6, 6.07) is 7.56. The summed E-state index contributed by atoms with van der Waals surface area (Å²) < 4.78 is 5.81. The summed E-state index contributed by atoms with van der Waals surface area (Å²) in [7, 11) is 0. The third-order valence-electron chi connectivity index (χ3n) is 4.93. The highest BCUT2D eigenvalue weighted by Gasteiger charge is 2.26. The van der Waals surface area contributed by atoms with Gasteiger partial charge in [-0.1, -0.05) is 30.2 Å². The van der Waals surface area contributed by atoms with Crippen molar-refractivity contribution in [3.8, 4) is 0 Å². The Balaban J connectivity index is 1.53. The first-order chi connectivity index (χ1) is 12.1. The van der Waals surface area contributed by atoms with Crippen molar-refractivity contribution in [2.24, 2.45) is 0 Å². The molecule has 0 saturated carbocycles. The highest BCUT2D eigenvalue weighted by Crippen LogP contribution is 2.24. The molecule has 2 fully saturated rings. The van der Waals surface area contributed by atoms with Gasteiger partial charge in [0.2, 0.25) is 11.8 Å². The minimum Gasteiger partial charge on any atom is -0.370 e. The first-order valence-corrected chi connectivity index (χ1v) is 9.44. The molecule has 2 amide bonds. The van der Waals surface area contributed by atoms with Gasteiger partial charge in [-0.05, 0) is 30.5 Å². The molecule has 0 aliphatic carbocycles. The van der Waals surface area contributed by atoms with Crippen LogP contribution in [0, 0.1) is 0 Å². The first-order valence-electron chi connectivity index (χ1n) is 9.06. The largest absolute Gasteiger partial charge is 0.370 e. The van der Waals surface area contributed by atoms with Crippen molar-refractivity contribution < 1.29 is 14.3 Å². The zero-order valence-electron chi connectivity index (χ0n) is 14.5. The molecular formula is C19H25ClN2O3. The minimum absolute atomic E-state index is 0.0966. The van der Waals surface area contributed by atoms with Crippen molar-refractivity contribution in [1.82, 2.24) is 9.80 Å². The fourth-order valence-electron chi connectivity index (χ4n) is 3.42. The number of amides is 2.